The molecule has 0 aliphatic rings. The highest BCUT2D eigenvalue weighted by molar-refractivity contribution is 5.52. The largest absolute Gasteiger partial charge is 0.497 e. The Labute approximate surface area is 120 Å². The number of aliphatic hydroxyl groups is 1. The van der Waals surface area contributed by atoms with Crippen molar-refractivity contribution in [2.75, 3.05) is 7.11 Å². The van der Waals surface area contributed by atoms with Crippen LogP contribution in [0.2, 0.25) is 0 Å². The number of aryl methyl sites for hydroxylation is 1. The van der Waals surface area contributed by atoms with Gasteiger partial charge in [-0.05, 0) is 36.1 Å². The first-order valence-electron chi connectivity index (χ1n) is 6.82. The van der Waals surface area contributed by atoms with Crippen molar-refractivity contribution < 1.29 is 9.84 Å². The van der Waals surface area contributed by atoms with Crippen molar-refractivity contribution >= 4 is 6.08 Å². The molecule has 0 saturated heterocycles. The van der Waals surface area contributed by atoms with Gasteiger partial charge in [0.1, 0.15) is 5.75 Å². The SMILES string of the molecule is COc1cccc(/C=C/C(O)CCc2ccccc2)c1. The normalized spacial score (nSPS) is 12.5. The molecule has 2 aromatic rings. The molecule has 20 heavy (non-hydrogen) atoms. The molecule has 0 aromatic heterocycles. The standard InChI is InChI=1S/C18H20O2/c1-20-18-9-5-8-16(14-18)11-13-17(19)12-10-15-6-3-2-4-7-15/h2-9,11,13-14,17,19H,10,12H2,1H3/b13-11+. The van der Waals surface area contributed by atoms with Crippen molar-refractivity contribution in [2.24, 2.45) is 0 Å². The van der Waals surface area contributed by atoms with E-state index in [1.54, 1.807) is 7.11 Å². The molecular weight excluding hydrogens is 248 g/mol. The molecule has 0 radical (unpaired) electrons. The average Bonchev–Trinajstić information content (AvgIpc) is 2.52. The monoisotopic (exact) mass is 268 g/mol. The smallest absolute Gasteiger partial charge is 0.119 e. The zero-order valence-electron chi connectivity index (χ0n) is 11.7. The second-order valence-electron chi connectivity index (χ2n) is 4.73. The lowest BCUT2D eigenvalue weighted by Gasteiger charge is -2.06. The lowest BCUT2D eigenvalue weighted by atomic mass is 10.1. The molecule has 2 aromatic carbocycles. The minimum Gasteiger partial charge on any atom is -0.497 e. The van der Waals surface area contributed by atoms with Crippen molar-refractivity contribution in [3.8, 4) is 5.75 Å². The van der Waals surface area contributed by atoms with Gasteiger partial charge < -0.3 is 9.84 Å². The van der Waals surface area contributed by atoms with Crippen LogP contribution in [-0.2, 0) is 6.42 Å². The molecule has 0 bridgehead atoms. The van der Waals surface area contributed by atoms with Crippen molar-refractivity contribution in [1.29, 1.82) is 0 Å². The minimum atomic E-state index is -0.429. The van der Waals surface area contributed by atoms with Crippen molar-refractivity contribution in [3.05, 3.63) is 71.8 Å². The Morgan fingerprint density at radius 1 is 1.10 bits per heavy atom. The Bertz CT molecular complexity index is 546. The third-order valence-corrected chi connectivity index (χ3v) is 3.18. The highest BCUT2D eigenvalue weighted by atomic mass is 16.5. The van der Waals surface area contributed by atoms with E-state index < -0.39 is 6.10 Å². The summed E-state index contributed by atoms with van der Waals surface area (Å²) < 4.78 is 5.17. The molecule has 1 atom stereocenters. The molecular formula is C18H20O2. The lowest BCUT2D eigenvalue weighted by Crippen LogP contribution is -2.03. The van der Waals surface area contributed by atoms with Crippen molar-refractivity contribution in [1.82, 2.24) is 0 Å². The van der Waals surface area contributed by atoms with Gasteiger partial charge in [-0.25, -0.2) is 0 Å². The van der Waals surface area contributed by atoms with E-state index in [0.29, 0.717) is 0 Å². The summed E-state index contributed by atoms with van der Waals surface area (Å²) in [4.78, 5) is 0. The summed E-state index contributed by atoms with van der Waals surface area (Å²) in [6.07, 6.45) is 4.94. The highest BCUT2D eigenvalue weighted by Crippen LogP contribution is 2.14. The van der Waals surface area contributed by atoms with E-state index in [0.717, 1.165) is 24.2 Å². The lowest BCUT2D eigenvalue weighted by molar-refractivity contribution is 0.214. The Balaban J connectivity index is 1.87. The fourth-order valence-electron chi connectivity index (χ4n) is 2.02. The van der Waals surface area contributed by atoms with E-state index in [1.165, 1.54) is 5.56 Å². The number of aliphatic hydroxyl groups excluding tert-OH is 1. The predicted molar refractivity (Wildman–Crippen MR) is 82.8 cm³/mol. The summed E-state index contributed by atoms with van der Waals surface area (Å²) in [6, 6.07) is 18.0. The van der Waals surface area contributed by atoms with Crippen LogP contribution in [0.5, 0.6) is 5.75 Å². The van der Waals surface area contributed by atoms with E-state index >= 15 is 0 Å². The maximum Gasteiger partial charge on any atom is 0.119 e. The molecule has 104 valence electrons. The van der Waals surface area contributed by atoms with Gasteiger partial charge in [0.2, 0.25) is 0 Å². The molecule has 1 N–H and O–H groups in total. The van der Waals surface area contributed by atoms with E-state index in [-0.39, 0.29) is 0 Å². The van der Waals surface area contributed by atoms with Crippen LogP contribution in [-0.4, -0.2) is 18.3 Å². The van der Waals surface area contributed by atoms with E-state index in [9.17, 15) is 5.11 Å². The molecule has 2 nitrogen and oxygen atoms in total. The number of ether oxygens (including phenoxy) is 1. The summed E-state index contributed by atoms with van der Waals surface area (Å²) in [5.74, 6) is 0.825. The number of benzene rings is 2. The fraction of sp³-hybridized carbons (Fsp3) is 0.222. The molecule has 2 heteroatoms. The van der Waals surface area contributed by atoms with Crippen LogP contribution >= 0.6 is 0 Å². The summed E-state index contributed by atoms with van der Waals surface area (Å²) in [6.45, 7) is 0. The molecule has 0 heterocycles. The van der Waals surface area contributed by atoms with E-state index in [4.69, 9.17) is 4.74 Å². The van der Waals surface area contributed by atoms with Gasteiger partial charge >= 0.3 is 0 Å². The molecule has 2 rings (SSSR count). The van der Waals surface area contributed by atoms with E-state index in [2.05, 4.69) is 12.1 Å². The van der Waals surface area contributed by atoms with E-state index in [1.807, 2.05) is 54.6 Å². The maximum atomic E-state index is 9.98. The van der Waals surface area contributed by atoms with Gasteiger partial charge in [0.25, 0.3) is 0 Å². The fourth-order valence-corrected chi connectivity index (χ4v) is 2.02. The molecule has 1 unspecified atom stereocenters. The number of hydrogen-bond donors (Lipinski definition) is 1. The zero-order valence-corrected chi connectivity index (χ0v) is 11.7. The quantitative estimate of drug-likeness (QED) is 0.865. The second-order valence-corrected chi connectivity index (χ2v) is 4.73. The molecule has 0 aliphatic heterocycles. The van der Waals surface area contributed by atoms with Crippen LogP contribution in [0.3, 0.4) is 0 Å². The van der Waals surface area contributed by atoms with Crippen LogP contribution in [0.15, 0.2) is 60.7 Å². The Morgan fingerprint density at radius 2 is 1.90 bits per heavy atom. The van der Waals surface area contributed by atoms with Crippen LogP contribution < -0.4 is 4.74 Å². The highest BCUT2D eigenvalue weighted by Gasteiger charge is 2.00. The minimum absolute atomic E-state index is 0.429. The molecule has 0 spiro atoms. The summed E-state index contributed by atoms with van der Waals surface area (Å²) in [5, 5.41) is 9.98. The Morgan fingerprint density at radius 3 is 2.65 bits per heavy atom. The average molecular weight is 268 g/mol. The number of rotatable bonds is 6. The molecule has 0 fully saturated rings. The zero-order chi connectivity index (χ0) is 14.2. The van der Waals surface area contributed by atoms with Crippen molar-refractivity contribution in [2.45, 2.75) is 18.9 Å². The molecule has 0 saturated carbocycles. The first-order chi connectivity index (χ1) is 9.78. The summed E-state index contributed by atoms with van der Waals surface area (Å²) >= 11 is 0. The predicted octanol–water partition coefficient (Wildman–Crippen LogP) is 3.70. The van der Waals surface area contributed by atoms with Gasteiger partial charge in [-0.1, -0.05) is 54.6 Å². The number of hydrogen-bond acceptors (Lipinski definition) is 2. The van der Waals surface area contributed by atoms with Crippen LogP contribution in [0, 0.1) is 0 Å². The Kier molecular flexibility index (Phi) is 5.39. The molecule has 0 aliphatic carbocycles. The van der Waals surface area contributed by atoms with Crippen LogP contribution in [0.4, 0.5) is 0 Å². The molecule has 0 amide bonds. The van der Waals surface area contributed by atoms with Gasteiger partial charge in [0.15, 0.2) is 0 Å². The third-order valence-electron chi connectivity index (χ3n) is 3.18. The van der Waals surface area contributed by atoms with Crippen LogP contribution in [0.1, 0.15) is 17.5 Å². The first kappa shape index (κ1) is 14.4. The number of methoxy groups -OCH3 is 1. The maximum absolute atomic E-state index is 9.98. The third kappa shape index (κ3) is 4.56. The van der Waals surface area contributed by atoms with Crippen molar-refractivity contribution in [3.63, 3.8) is 0 Å². The first-order valence-corrected chi connectivity index (χ1v) is 6.82. The van der Waals surface area contributed by atoms with Gasteiger partial charge in [-0.3, -0.25) is 0 Å². The summed E-state index contributed by atoms with van der Waals surface area (Å²) in [5.41, 5.74) is 2.28. The van der Waals surface area contributed by atoms with Crippen LogP contribution in [0.25, 0.3) is 6.08 Å². The van der Waals surface area contributed by atoms with Gasteiger partial charge in [-0.15, -0.1) is 0 Å². The van der Waals surface area contributed by atoms with Gasteiger partial charge in [0, 0.05) is 0 Å². The topological polar surface area (TPSA) is 29.5 Å². The summed E-state index contributed by atoms with van der Waals surface area (Å²) in [7, 11) is 1.65. The van der Waals surface area contributed by atoms with Gasteiger partial charge in [0.05, 0.1) is 13.2 Å². The van der Waals surface area contributed by atoms with Gasteiger partial charge in [-0.2, -0.15) is 0 Å². The second kappa shape index (κ2) is 7.51. The Hall–Kier alpha value is -2.06.